The number of hydrogen-bond donors (Lipinski definition) is 3. The first kappa shape index (κ1) is 95.1. The molecule has 0 saturated heterocycles. The van der Waals surface area contributed by atoms with Crippen LogP contribution in [0.5, 0.6) is 0 Å². The molecule has 0 rings (SSSR count). The van der Waals surface area contributed by atoms with Crippen molar-refractivity contribution in [3.63, 3.8) is 0 Å². The Hall–Kier alpha value is -1.94. The summed E-state index contributed by atoms with van der Waals surface area (Å²) in [7, 11) is -9.92. The largest absolute Gasteiger partial charge is 0.472 e. The smallest absolute Gasteiger partial charge is 0.462 e. The highest BCUT2D eigenvalue weighted by Gasteiger charge is 2.30. The highest BCUT2D eigenvalue weighted by atomic mass is 31.2. The molecule has 17 nitrogen and oxygen atoms in total. The first-order valence-corrected chi connectivity index (χ1v) is 43.2. The third-order valence-corrected chi connectivity index (χ3v) is 20.3. The van der Waals surface area contributed by atoms with E-state index in [0.29, 0.717) is 25.7 Å². The normalized spacial score (nSPS) is 14.4. The Balaban J connectivity index is 5.22. The van der Waals surface area contributed by atoms with E-state index in [0.717, 1.165) is 114 Å². The lowest BCUT2D eigenvalue weighted by atomic mass is 9.99. The van der Waals surface area contributed by atoms with E-state index in [4.69, 9.17) is 37.0 Å². The predicted octanol–water partition coefficient (Wildman–Crippen LogP) is 22.8. The number of aliphatic hydroxyl groups is 1. The number of phosphoric acid groups is 2. The maximum absolute atomic E-state index is 13.1. The number of unbranched alkanes of at least 4 members (excludes halogenated alkanes) is 40. The molecule has 6 atom stereocenters. The molecule has 0 fully saturated rings. The summed E-state index contributed by atoms with van der Waals surface area (Å²) < 4.78 is 68.6. The van der Waals surface area contributed by atoms with Gasteiger partial charge < -0.3 is 33.8 Å². The Bertz CT molecular complexity index is 1900. The van der Waals surface area contributed by atoms with Crippen LogP contribution in [0, 0.1) is 23.7 Å². The van der Waals surface area contributed by atoms with Gasteiger partial charge >= 0.3 is 39.5 Å². The van der Waals surface area contributed by atoms with Crippen molar-refractivity contribution < 1.29 is 80.2 Å². The fourth-order valence-corrected chi connectivity index (χ4v) is 13.5. The molecule has 0 spiro atoms. The van der Waals surface area contributed by atoms with Gasteiger partial charge in [0.2, 0.25) is 0 Å². The quantitative estimate of drug-likeness (QED) is 0.0222. The molecule has 0 aliphatic carbocycles. The van der Waals surface area contributed by atoms with Crippen LogP contribution in [0.15, 0.2) is 0 Å². The summed E-state index contributed by atoms with van der Waals surface area (Å²) in [6.45, 7) is 14.2. The number of phosphoric ester groups is 2. The monoisotopic (exact) mass is 1420 g/mol. The van der Waals surface area contributed by atoms with Crippen LogP contribution in [0.25, 0.3) is 0 Å². The summed E-state index contributed by atoms with van der Waals surface area (Å²) in [4.78, 5) is 72.9. The molecule has 19 heteroatoms. The van der Waals surface area contributed by atoms with Gasteiger partial charge in [0.25, 0.3) is 0 Å². The summed E-state index contributed by atoms with van der Waals surface area (Å²) in [6.07, 6.45) is 52.8. The SMILES string of the molecule is CCC(C)CCCCCCCCCCC(=O)OC[C@H](COP(=O)(O)OC[C@H](O)COP(=O)(O)OC[C@@H](COC(=O)CCCCCCCCCCCC(C)C)OC(=O)CCCCCCCCCCCCCCCCCCCCC(C)C)OC(=O)CCCCCCCCCCCC(C)C. The molecule has 0 aliphatic rings. The second kappa shape index (κ2) is 67.2. The van der Waals surface area contributed by atoms with E-state index < -0.39 is 97.5 Å². The second-order valence-corrected chi connectivity index (χ2v) is 32.7. The average molecular weight is 1420 g/mol. The molecule has 3 unspecified atom stereocenters. The maximum atomic E-state index is 13.1. The summed E-state index contributed by atoms with van der Waals surface area (Å²) in [5, 5.41) is 10.6. The van der Waals surface area contributed by atoms with Gasteiger partial charge in [-0.1, -0.05) is 344 Å². The van der Waals surface area contributed by atoms with E-state index in [9.17, 15) is 43.2 Å². The maximum Gasteiger partial charge on any atom is 0.472 e. The zero-order chi connectivity index (χ0) is 71.7. The minimum Gasteiger partial charge on any atom is -0.462 e. The van der Waals surface area contributed by atoms with Crippen LogP contribution < -0.4 is 0 Å². The molecule has 0 aliphatic heterocycles. The molecule has 0 saturated carbocycles. The third kappa shape index (κ3) is 70.9. The van der Waals surface area contributed by atoms with Gasteiger partial charge in [0.15, 0.2) is 12.2 Å². The topological polar surface area (TPSA) is 237 Å². The van der Waals surface area contributed by atoms with Crippen molar-refractivity contribution in [1.29, 1.82) is 0 Å². The standard InChI is InChI=1S/C78H152O17P2/c1-9-71(8)57-49-41-33-28-29-35-43-51-59-76(81)89-65-74(95-78(83)61-53-45-37-27-21-24-32-40-48-56-70(6)7)67-93-97(86,87)91-63-72(79)62-90-96(84,85)92-66-73(64-88-75(80)58-50-42-34-26-20-23-31-39-47-55-69(4)5)94-77(82)60-52-44-36-25-19-17-15-13-11-10-12-14-16-18-22-30-38-46-54-68(2)3/h68-74,79H,9-67H2,1-8H3,(H,84,85)(H,86,87)/t71?,72-,73-,74-/m1/s1. The number of rotatable bonds is 75. The number of hydrogen-bond acceptors (Lipinski definition) is 15. The van der Waals surface area contributed by atoms with Crippen LogP contribution in [0.1, 0.15) is 396 Å². The zero-order valence-electron chi connectivity index (χ0n) is 63.7. The van der Waals surface area contributed by atoms with Crippen LogP contribution in [0.3, 0.4) is 0 Å². The number of carbonyl (C=O) groups excluding carboxylic acids is 4. The van der Waals surface area contributed by atoms with Crippen molar-refractivity contribution >= 4 is 39.5 Å². The molecular weight excluding hydrogens is 1270 g/mol. The second-order valence-electron chi connectivity index (χ2n) is 29.8. The highest BCUT2D eigenvalue weighted by Crippen LogP contribution is 2.45. The molecule has 97 heavy (non-hydrogen) atoms. The van der Waals surface area contributed by atoms with Crippen LogP contribution >= 0.6 is 15.6 Å². The molecule has 0 aromatic rings. The average Bonchev–Trinajstić information content (AvgIpc) is 1.51. The molecule has 0 heterocycles. The van der Waals surface area contributed by atoms with E-state index in [1.807, 2.05) is 0 Å². The van der Waals surface area contributed by atoms with Crippen molar-refractivity contribution in [2.75, 3.05) is 39.6 Å². The number of carbonyl (C=O) groups is 4. The predicted molar refractivity (Wildman–Crippen MR) is 395 cm³/mol. The Labute approximate surface area is 594 Å². The Morgan fingerprint density at radius 1 is 0.289 bits per heavy atom. The van der Waals surface area contributed by atoms with Gasteiger partial charge in [-0.2, -0.15) is 0 Å². The van der Waals surface area contributed by atoms with Gasteiger partial charge in [0.1, 0.15) is 19.3 Å². The van der Waals surface area contributed by atoms with Crippen molar-refractivity contribution in [2.45, 2.75) is 414 Å². The molecule has 0 bridgehead atoms. The minimum absolute atomic E-state index is 0.105. The Morgan fingerprint density at radius 3 is 0.732 bits per heavy atom. The van der Waals surface area contributed by atoms with Gasteiger partial charge in [-0.3, -0.25) is 37.3 Å². The first-order valence-electron chi connectivity index (χ1n) is 40.2. The van der Waals surface area contributed by atoms with Crippen LogP contribution in [0.4, 0.5) is 0 Å². The van der Waals surface area contributed by atoms with Crippen molar-refractivity contribution in [1.82, 2.24) is 0 Å². The van der Waals surface area contributed by atoms with Gasteiger partial charge in [0.05, 0.1) is 26.4 Å². The first-order chi connectivity index (χ1) is 46.6. The highest BCUT2D eigenvalue weighted by molar-refractivity contribution is 7.47. The Kier molecular flexibility index (Phi) is 65.9. The zero-order valence-corrected chi connectivity index (χ0v) is 65.5. The van der Waals surface area contributed by atoms with Crippen molar-refractivity contribution in [3.8, 4) is 0 Å². The summed E-state index contributed by atoms with van der Waals surface area (Å²) in [5.74, 6) is 0.958. The fourth-order valence-electron chi connectivity index (χ4n) is 11.9. The van der Waals surface area contributed by atoms with Crippen LogP contribution in [-0.4, -0.2) is 96.7 Å². The van der Waals surface area contributed by atoms with Gasteiger partial charge in [-0.05, 0) is 49.4 Å². The number of esters is 4. The number of aliphatic hydroxyl groups excluding tert-OH is 1. The molecule has 3 N–H and O–H groups in total. The van der Waals surface area contributed by atoms with E-state index >= 15 is 0 Å². The van der Waals surface area contributed by atoms with Gasteiger partial charge in [0, 0.05) is 25.7 Å². The van der Waals surface area contributed by atoms with Gasteiger partial charge in [-0.15, -0.1) is 0 Å². The fraction of sp³-hybridized carbons (Fsp3) is 0.949. The van der Waals surface area contributed by atoms with Crippen LogP contribution in [-0.2, 0) is 65.4 Å². The molecule has 0 amide bonds. The third-order valence-electron chi connectivity index (χ3n) is 18.4. The van der Waals surface area contributed by atoms with E-state index in [2.05, 4.69) is 55.4 Å². The summed E-state index contributed by atoms with van der Waals surface area (Å²) in [5.41, 5.74) is 0. The molecular formula is C78H152O17P2. The molecule has 0 radical (unpaired) electrons. The van der Waals surface area contributed by atoms with Gasteiger partial charge in [-0.25, -0.2) is 9.13 Å². The lowest BCUT2D eigenvalue weighted by molar-refractivity contribution is -0.161. The summed E-state index contributed by atoms with van der Waals surface area (Å²) in [6, 6.07) is 0. The Morgan fingerprint density at radius 2 is 0.495 bits per heavy atom. The lowest BCUT2D eigenvalue weighted by Gasteiger charge is -2.21. The number of ether oxygens (including phenoxy) is 4. The lowest BCUT2D eigenvalue weighted by Crippen LogP contribution is -2.30. The van der Waals surface area contributed by atoms with E-state index in [1.165, 1.54) is 199 Å². The van der Waals surface area contributed by atoms with E-state index in [1.54, 1.807) is 0 Å². The van der Waals surface area contributed by atoms with Crippen LogP contribution in [0.2, 0.25) is 0 Å². The summed E-state index contributed by atoms with van der Waals surface area (Å²) >= 11 is 0. The molecule has 576 valence electrons. The van der Waals surface area contributed by atoms with Crippen molar-refractivity contribution in [2.24, 2.45) is 23.7 Å². The van der Waals surface area contributed by atoms with E-state index in [-0.39, 0.29) is 25.7 Å². The molecule has 0 aromatic carbocycles. The molecule has 0 aromatic heterocycles. The van der Waals surface area contributed by atoms with Crippen molar-refractivity contribution in [3.05, 3.63) is 0 Å². The minimum atomic E-state index is -4.96.